The summed E-state index contributed by atoms with van der Waals surface area (Å²) < 4.78 is 0. The molecule has 27 heavy (non-hydrogen) atoms. The van der Waals surface area contributed by atoms with Crippen molar-refractivity contribution in [2.45, 2.75) is 27.2 Å². The van der Waals surface area contributed by atoms with Crippen molar-refractivity contribution in [3.63, 3.8) is 0 Å². The van der Waals surface area contributed by atoms with Crippen molar-refractivity contribution in [3.8, 4) is 0 Å². The molecule has 0 atom stereocenters. The predicted octanol–water partition coefficient (Wildman–Crippen LogP) is 7.72. The number of benzene rings is 2. The van der Waals surface area contributed by atoms with Crippen LogP contribution in [0.15, 0.2) is 115 Å². The Kier molecular flexibility index (Phi) is 8.12. The fourth-order valence-electron chi connectivity index (χ4n) is 2.68. The van der Waals surface area contributed by atoms with Gasteiger partial charge in [0.2, 0.25) is 0 Å². The van der Waals surface area contributed by atoms with Gasteiger partial charge in [0, 0.05) is 17.6 Å². The zero-order valence-electron chi connectivity index (χ0n) is 16.6. The maximum Gasteiger partial charge on any atom is 0.0461 e. The molecule has 0 heterocycles. The van der Waals surface area contributed by atoms with E-state index in [1.165, 1.54) is 16.3 Å². The molecule has 0 amide bonds. The highest BCUT2D eigenvalue weighted by Gasteiger charge is 2.07. The third-order valence-corrected chi connectivity index (χ3v) is 4.32. The van der Waals surface area contributed by atoms with Crippen LogP contribution in [0.2, 0.25) is 0 Å². The summed E-state index contributed by atoms with van der Waals surface area (Å²) in [6.07, 6.45) is 19.6. The number of nitrogens with zero attached hydrogens (tertiary/aromatic N) is 1. The molecular weight excluding hydrogens is 326 g/mol. The van der Waals surface area contributed by atoms with E-state index in [1.807, 2.05) is 25.2 Å². The minimum Gasteiger partial charge on any atom is -0.318 e. The highest BCUT2D eigenvalue weighted by molar-refractivity contribution is 5.86. The standard InChI is InChI=1S/C26H29N/c1-5-8-17-25(7-3)27(20-13-9-10-14-22(4)6-2)26-19-18-23-15-11-12-16-24(23)21-26/h5-8,10-21H,3,9H2,1-2,4H3/b8-5-,14-10?,20-13+,22-6-,25-17+. The third-order valence-electron chi connectivity index (χ3n) is 4.32. The second-order valence-corrected chi connectivity index (χ2v) is 6.28. The van der Waals surface area contributed by atoms with Gasteiger partial charge >= 0.3 is 0 Å². The molecule has 0 aliphatic carbocycles. The molecule has 0 aliphatic heterocycles. The lowest BCUT2D eigenvalue weighted by Gasteiger charge is -2.22. The van der Waals surface area contributed by atoms with Crippen LogP contribution in [-0.2, 0) is 0 Å². The highest BCUT2D eigenvalue weighted by Crippen LogP contribution is 2.26. The average molecular weight is 356 g/mol. The summed E-state index contributed by atoms with van der Waals surface area (Å²) in [5.41, 5.74) is 3.43. The molecule has 138 valence electrons. The first-order valence-electron chi connectivity index (χ1n) is 9.39. The Morgan fingerprint density at radius 1 is 1.04 bits per heavy atom. The van der Waals surface area contributed by atoms with E-state index in [0.717, 1.165) is 17.8 Å². The zero-order valence-corrected chi connectivity index (χ0v) is 16.6. The summed E-state index contributed by atoms with van der Waals surface area (Å²) in [5, 5.41) is 2.47. The second-order valence-electron chi connectivity index (χ2n) is 6.28. The number of hydrogen-bond donors (Lipinski definition) is 0. The van der Waals surface area contributed by atoms with E-state index in [1.54, 1.807) is 0 Å². The van der Waals surface area contributed by atoms with E-state index in [-0.39, 0.29) is 0 Å². The largest absolute Gasteiger partial charge is 0.318 e. The first-order valence-corrected chi connectivity index (χ1v) is 9.39. The maximum atomic E-state index is 4.00. The fourth-order valence-corrected chi connectivity index (χ4v) is 2.68. The van der Waals surface area contributed by atoms with Gasteiger partial charge in [0.05, 0.1) is 0 Å². The van der Waals surface area contributed by atoms with Gasteiger partial charge in [-0.1, -0.05) is 78.9 Å². The molecule has 2 aromatic carbocycles. The molecule has 1 heteroatoms. The van der Waals surface area contributed by atoms with Crippen molar-refractivity contribution in [2.24, 2.45) is 0 Å². The van der Waals surface area contributed by atoms with Crippen LogP contribution in [0, 0.1) is 0 Å². The van der Waals surface area contributed by atoms with Crippen molar-refractivity contribution in [2.75, 3.05) is 4.90 Å². The molecule has 2 aromatic rings. The lowest BCUT2D eigenvalue weighted by atomic mass is 10.1. The van der Waals surface area contributed by atoms with Crippen molar-refractivity contribution in [3.05, 3.63) is 115 Å². The molecule has 0 spiro atoms. The zero-order chi connectivity index (χ0) is 19.5. The van der Waals surface area contributed by atoms with Crippen LogP contribution in [0.25, 0.3) is 10.8 Å². The molecule has 0 fully saturated rings. The molecule has 0 aromatic heterocycles. The minimum atomic E-state index is 0.878. The van der Waals surface area contributed by atoms with Gasteiger partial charge in [0.25, 0.3) is 0 Å². The van der Waals surface area contributed by atoms with Crippen molar-refractivity contribution >= 4 is 16.5 Å². The highest BCUT2D eigenvalue weighted by atomic mass is 15.1. The van der Waals surface area contributed by atoms with Crippen LogP contribution in [0.3, 0.4) is 0 Å². The van der Waals surface area contributed by atoms with Gasteiger partial charge in [0.1, 0.15) is 0 Å². The molecule has 1 nitrogen and oxygen atoms in total. The van der Waals surface area contributed by atoms with Gasteiger partial charge < -0.3 is 4.90 Å². The van der Waals surface area contributed by atoms with Gasteiger partial charge in [-0.05, 0) is 62.2 Å². The third kappa shape index (κ3) is 6.00. The quantitative estimate of drug-likeness (QED) is 0.438. The molecule has 2 rings (SSSR count). The summed E-state index contributed by atoms with van der Waals surface area (Å²) in [7, 11) is 0. The van der Waals surface area contributed by atoms with Gasteiger partial charge in [-0.25, -0.2) is 0 Å². The molecular formula is C26H29N. The summed E-state index contributed by atoms with van der Waals surface area (Å²) in [6, 6.07) is 15.0. The van der Waals surface area contributed by atoms with E-state index < -0.39 is 0 Å². The number of hydrogen-bond acceptors (Lipinski definition) is 1. The minimum absolute atomic E-state index is 0.878. The van der Waals surface area contributed by atoms with Crippen LogP contribution < -0.4 is 4.90 Å². The molecule has 0 bridgehead atoms. The smallest absolute Gasteiger partial charge is 0.0461 e. The van der Waals surface area contributed by atoms with Crippen molar-refractivity contribution in [1.82, 2.24) is 0 Å². The van der Waals surface area contributed by atoms with Gasteiger partial charge in [0.15, 0.2) is 0 Å². The van der Waals surface area contributed by atoms with E-state index in [9.17, 15) is 0 Å². The van der Waals surface area contributed by atoms with Crippen LogP contribution in [0.4, 0.5) is 5.69 Å². The van der Waals surface area contributed by atoms with Crippen molar-refractivity contribution in [1.29, 1.82) is 0 Å². The molecule has 0 saturated carbocycles. The first-order chi connectivity index (χ1) is 13.2. The Bertz CT molecular complexity index is 907. The van der Waals surface area contributed by atoms with E-state index in [0.29, 0.717) is 0 Å². The number of anilines is 1. The topological polar surface area (TPSA) is 3.24 Å². The Hall–Kier alpha value is -3.06. The summed E-state index contributed by atoms with van der Waals surface area (Å²) in [4.78, 5) is 2.18. The van der Waals surface area contributed by atoms with Crippen LogP contribution >= 0.6 is 0 Å². The van der Waals surface area contributed by atoms with E-state index in [2.05, 4.69) is 104 Å². The molecule has 0 saturated heterocycles. The average Bonchev–Trinajstić information content (AvgIpc) is 2.71. The number of fused-ring (bicyclic) bond motifs is 1. The molecule has 0 radical (unpaired) electrons. The predicted molar refractivity (Wildman–Crippen MR) is 122 cm³/mol. The van der Waals surface area contributed by atoms with E-state index >= 15 is 0 Å². The first kappa shape index (κ1) is 20.3. The maximum absolute atomic E-state index is 4.00. The SMILES string of the molecule is C=C/C(=C\C=C/C)N(/C=C/CC=C/C(C)=C\C)c1ccc2ccccc2c1. The van der Waals surface area contributed by atoms with Gasteiger partial charge in [-0.15, -0.1) is 0 Å². The van der Waals surface area contributed by atoms with Crippen LogP contribution in [0.5, 0.6) is 0 Å². The normalized spacial score (nSPS) is 13.3. The van der Waals surface area contributed by atoms with Crippen LogP contribution in [0.1, 0.15) is 27.2 Å². The van der Waals surface area contributed by atoms with Gasteiger partial charge in [-0.2, -0.15) is 0 Å². The lowest BCUT2D eigenvalue weighted by Crippen LogP contribution is -2.13. The number of allylic oxidation sites excluding steroid dienone is 9. The lowest BCUT2D eigenvalue weighted by molar-refractivity contribution is 1.19. The fraction of sp³-hybridized carbons (Fsp3) is 0.154. The van der Waals surface area contributed by atoms with Crippen LogP contribution in [-0.4, -0.2) is 0 Å². The Morgan fingerprint density at radius 3 is 2.52 bits per heavy atom. The van der Waals surface area contributed by atoms with Crippen molar-refractivity contribution < 1.29 is 0 Å². The molecule has 0 N–H and O–H groups in total. The molecule has 0 unspecified atom stereocenters. The van der Waals surface area contributed by atoms with E-state index in [4.69, 9.17) is 0 Å². The monoisotopic (exact) mass is 355 g/mol. The Morgan fingerprint density at radius 2 is 1.81 bits per heavy atom. The number of rotatable bonds is 8. The Labute approximate surface area is 164 Å². The summed E-state index contributed by atoms with van der Waals surface area (Å²) in [5.74, 6) is 0. The van der Waals surface area contributed by atoms with Gasteiger partial charge in [-0.3, -0.25) is 0 Å². The Balaban J connectivity index is 2.36. The summed E-state index contributed by atoms with van der Waals surface area (Å²) in [6.45, 7) is 10.2. The molecule has 0 aliphatic rings. The summed E-state index contributed by atoms with van der Waals surface area (Å²) >= 11 is 0. The second kappa shape index (κ2) is 10.8.